The molecule has 0 aliphatic rings. The number of nitrogens with zero attached hydrogens (tertiary/aromatic N) is 6. The van der Waals surface area contributed by atoms with E-state index >= 15 is 0 Å². The molecule has 0 atom stereocenters. The number of ether oxygens (including phenoxy) is 1. The van der Waals surface area contributed by atoms with Crippen LogP contribution in [0.4, 0.5) is 23.0 Å². The molecule has 2 aromatic heterocycles. The van der Waals surface area contributed by atoms with Gasteiger partial charge in [-0.2, -0.15) is 20.2 Å². The number of aromatic nitrogens is 4. The molecule has 13 heteroatoms. The predicted molar refractivity (Wildman–Crippen MR) is 176 cm³/mol. The molecule has 0 saturated carbocycles. The Bertz CT molecular complexity index is 1820. The van der Waals surface area contributed by atoms with Crippen LogP contribution in [-0.4, -0.2) is 52.4 Å². The van der Waals surface area contributed by atoms with Gasteiger partial charge in [0.1, 0.15) is 17.9 Å². The number of aromatic amines is 1. The van der Waals surface area contributed by atoms with E-state index in [-0.39, 0.29) is 24.4 Å². The fourth-order valence-electron chi connectivity index (χ4n) is 4.46. The van der Waals surface area contributed by atoms with Gasteiger partial charge in [0, 0.05) is 51.8 Å². The van der Waals surface area contributed by atoms with E-state index in [4.69, 9.17) is 10.5 Å². The van der Waals surface area contributed by atoms with Crippen molar-refractivity contribution in [1.82, 2.24) is 30.6 Å². The number of benzene rings is 3. The van der Waals surface area contributed by atoms with Gasteiger partial charge in [-0.25, -0.2) is 4.98 Å². The first kappa shape index (κ1) is 31.6. The van der Waals surface area contributed by atoms with E-state index < -0.39 is 0 Å². The number of fused-ring (bicyclic) bond motifs is 1. The molecule has 236 valence electrons. The Morgan fingerprint density at radius 2 is 1.52 bits per heavy atom. The molecule has 13 nitrogen and oxygen atoms in total. The molecule has 0 spiro atoms. The fraction of sp³-hybridized carbons (Fsp3) is 0.242. The summed E-state index contributed by atoms with van der Waals surface area (Å²) < 4.78 is 5.96. The molecule has 2 heterocycles. The minimum atomic E-state index is -0.176. The van der Waals surface area contributed by atoms with Gasteiger partial charge in [0.15, 0.2) is 5.65 Å². The molecule has 5 N–H and O–H groups in total. The maximum atomic E-state index is 12.7. The maximum absolute atomic E-state index is 12.7. The largest absolute Gasteiger partial charge is 0.471 e. The Balaban J connectivity index is 1.10. The molecular formula is C33H36N10O3. The standard InChI is InChI=1S/C33H36N10O3/c1-21(44)36-19-22-6-8-23(9-7-22)20-46-32-29-30(39-33(34)40-32)38-28(37-29)5-4-18-35-31(45)24-10-12-25(13-11-24)41-42-26-14-16-27(17-15-26)43(2)3/h6-17H,4-5,18-20H2,1-3H3,(H,35,45)(H,36,44)(H3,34,37,38,39,40). The number of hydrogen-bond donors (Lipinski definition) is 4. The average molecular weight is 621 g/mol. The van der Waals surface area contributed by atoms with Crippen LogP contribution in [0.1, 0.15) is 40.7 Å². The van der Waals surface area contributed by atoms with Gasteiger partial charge < -0.3 is 31.0 Å². The Morgan fingerprint density at radius 1 is 0.870 bits per heavy atom. The van der Waals surface area contributed by atoms with E-state index in [1.54, 1.807) is 24.3 Å². The zero-order valence-electron chi connectivity index (χ0n) is 25.9. The van der Waals surface area contributed by atoms with Crippen molar-refractivity contribution in [2.45, 2.75) is 32.9 Å². The number of carbonyl (C=O) groups excluding carboxylic acids is 2. The van der Waals surface area contributed by atoms with Crippen LogP contribution < -0.4 is 26.0 Å². The Hall–Kier alpha value is -5.85. The van der Waals surface area contributed by atoms with Crippen LogP contribution in [0.3, 0.4) is 0 Å². The lowest BCUT2D eigenvalue weighted by molar-refractivity contribution is -0.119. The van der Waals surface area contributed by atoms with Gasteiger partial charge in [0.05, 0.1) is 11.4 Å². The highest BCUT2D eigenvalue weighted by atomic mass is 16.5. The van der Waals surface area contributed by atoms with Crippen molar-refractivity contribution in [2.24, 2.45) is 10.2 Å². The van der Waals surface area contributed by atoms with Crippen molar-refractivity contribution in [3.05, 3.63) is 95.3 Å². The van der Waals surface area contributed by atoms with Crippen LogP contribution in [0.25, 0.3) is 11.2 Å². The second-order valence-corrected chi connectivity index (χ2v) is 10.8. The molecule has 0 aliphatic carbocycles. The summed E-state index contributed by atoms with van der Waals surface area (Å²) in [5.74, 6) is 0.796. The van der Waals surface area contributed by atoms with Crippen LogP contribution in [-0.2, 0) is 24.4 Å². The number of anilines is 2. The summed E-state index contributed by atoms with van der Waals surface area (Å²) in [5.41, 5.74) is 11.8. The summed E-state index contributed by atoms with van der Waals surface area (Å²) in [6.07, 6.45) is 1.22. The number of rotatable bonds is 13. The summed E-state index contributed by atoms with van der Waals surface area (Å²) in [6.45, 7) is 2.67. The second kappa shape index (κ2) is 14.8. The maximum Gasteiger partial charge on any atom is 0.251 e. The Morgan fingerprint density at radius 3 is 2.17 bits per heavy atom. The number of imidazole rings is 1. The third-order valence-electron chi connectivity index (χ3n) is 6.98. The number of nitrogen functional groups attached to an aromatic ring is 1. The van der Waals surface area contributed by atoms with E-state index in [2.05, 4.69) is 40.8 Å². The van der Waals surface area contributed by atoms with Crippen molar-refractivity contribution < 1.29 is 14.3 Å². The topological polar surface area (TPSA) is 176 Å². The molecule has 5 aromatic rings. The number of nitrogens with one attached hydrogen (secondary N) is 3. The number of amides is 2. The second-order valence-electron chi connectivity index (χ2n) is 10.8. The zero-order chi connectivity index (χ0) is 32.5. The number of azo groups is 1. The van der Waals surface area contributed by atoms with E-state index in [0.29, 0.717) is 60.1 Å². The minimum Gasteiger partial charge on any atom is -0.471 e. The van der Waals surface area contributed by atoms with Crippen molar-refractivity contribution in [2.75, 3.05) is 31.3 Å². The van der Waals surface area contributed by atoms with Crippen LogP contribution in [0.15, 0.2) is 83.0 Å². The van der Waals surface area contributed by atoms with Crippen LogP contribution in [0, 0.1) is 0 Å². The molecule has 0 fully saturated rings. The van der Waals surface area contributed by atoms with Gasteiger partial charge in [0.25, 0.3) is 5.91 Å². The SMILES string of the molecule is CC(=O)NCc1ccc(COc2nc(N)nc3nc(CCCNC(=O)c4ccc(N=Nc5ccc(N(C)C)cc5)cc4)[nH]c23)cc1. The molecular weight excluding hydrogens is 584 g/mol. The van der Waals surface area contributed by atoms with Crippen LogP contribution >= 0.6 is 0 Å². The first-order valence-electron chi connectivity index (χ1n) is 14.8. The van der Waals surface area contributed by atoms with Gasteiger partial charge in [-0.3, -0.25) is 9.59 Å². The zero-order valence-corrected chi connectivity index (χ0v) is 25.9. The lowest BCUT2D eigenvalue weighted by Crippen LogP contribution is -2.24. The summed E-state index contributed by atoms with van der Waals surface area (Å²) in [6, 6.07) is 22.5. The molecule has 0 saturated heterocycles. The minimum absolute atomic E-state index is 0.0598. The van der Waals surface area contributed by atoms with Gasteiger partial charge in [-0.15, -0.1) is 0 Å². The van der Waals surface area contributed by atoms with Gasteiger partial charge in [0.2, 0.25) is 17.7 Å². The lowest BCUT2D eigenvalue weighted by Gasteiger charge is -2.11. The highest BCUT2D eigenvalue weighted by Crippen LogP contribution is 2.24. The van der Waals surface area contributed by atoms with Crippen molar-refractivity contribution >= 4 is 46.0 Å². The first-order valence-corrected chi connectivity index (χ1v) is 14.8. The summed E-state index contributed by atoms with van der Waals surface area (Å²) in [4.78, 5) is 42.0. The number of carbonyl (C=O) groups is 2. The Kier molecular flexibility index (Phi) is 10.1. The molecule has 0 bridgehead atoms. The Labute approximate surface area is 266 Å². The van der Waals surface area contributed by atoms with Gasteiger partial charge in [-0.1, -0.05) is 24.3 Å². The van der Waals surface area contributed by atoms with Crippen LogP contribution in [0.5, 0.6) is 5.88 Å². The highest BCUT2D eigenvalue weighted by molar-refractivity contribution is 5.94. The molecule has 0 radical (unpaired) electrons. The monoisotopic (exact) mass is 620 g/mol. The van der Waals surface area contributed by atoms with E-state index in [1.165, 1.54) is 6.92 Å². The number of nitrogens with two attached hydrogens (primary N) is 1. The third kappa shape index (κ3) is 8.62. The molecule has 3 aromatic carbocycles. The third-order valence-corrected chi connectivity index (χ3v) is 6.98. The molecule has 5 rings (SSSR count). The van der Waals surface area contributed by atoms with E-state index in [1.807, 2.05) is 67.5 Å². The number of H-pyrrole nitrogens is 1. The number of aryl methyl sites for hydroxylation is 1. The summed E-state index contributed by atoms with van der Waals surface area (Å²) >= 11 is 0. The van der Waals surface area contributed by atoms with E-state index in [0.717, 1.165) is 22.5 Å². The highest BCUT2D eigenvalue weighted by Gasteiger charge is 2.14. The molecule has 0 aliphatic heterocycles. The fourth-order valence-corrected chi connectivity index (χ4v) is 4.46. The quantitative estimate of drug-likeness (QED) is 0.105. The van der Waals surface area contributed by atoms with Crippen LogP contribution in [0.2, 0.25) is 0 Å². The normalized spacial score (nSPS) is 11.1. The van der Waals surface area contributed by atoms with Crippen molar-refractivity contribution in [3.8, 4) is 5.88 Å². The van der Waals surface area contributed by atoms with Gasteiger partial charge >= 0.3 is 0 Å². The summed E-state index contributed by atoms with van der Waals surface area (Å²) in [5, 5.41) is 14.2. The van der Waals surface area contributed by atoms with Crippen molar-refractivity contribution in [3.63, 3.8) is 0 Å². The predicted octanol–water partition coefficient (Wildman–Crippen LogP) is 4.99. The van der Waals surface area contributed by atoms with Gasteiger partial charge in [-0.05, 0) is 66.1 Å². The summed E-state index contributed by atoms with van der Waals surface area (Å²) in [7, 11) is 3.96. The number of hydrogen-bond acceptors (Lipinski definition) is 10. The molecule has 2 amide bonds. The molecule has 46 heavy (non-hydrogen) atoms. The lowest BCUT2D eigenvalue weighted by atomic mass is 10.1. The van der Waals surface area contributed by atoms with E-state index in [9.17, 15) is 9.59 Å². The first-order chi connectivity index (χ1) is 22.2. The smallest absolute Gasteiger partial charge is 0.251 e. The van der Waals surface area contributed by atoms with Crippen molar-refractivity contribution in [1.29, 1.82) is 0 Å². The molecule has 0 unspecified atom stereocenters. The average Bonchev–Trinajstić information content (AvgIpc) is 3.47.